The third-order valence-corrected chi connectivity index (χ3v) is 4.40. The lowest BCUT2D eigenvalue weighted by Crippen LogP contribution is -2.21. The van der Waals surface area contributed by atoms with Crippen LogP contribution in [0.4, 0.5) is 5.69 Å². The van der Waals surface area contributed by atoms with Crippen molar-refractivity contribution in [3.63, 3.8) is 0 Å². The number of fused-ring (bicyclic) bond motifs is 3. The highest BCUT2D eigenvalue weighted by Crippen LogP contribution is 2.25. The molecule has 0 unspecified atom stereocenters. The van der Waals surface area contributed by atoms with Crippen molar-refractivity contribution < 1.29 is 9.21 Å². The van der Waals surface area contributed by atoms with E-state index >= 15 is 0 Å². The second-order valence-corrected chi connectivity index (χ2v) is 6.52. The Labute approximate surface area is 150 Å². The Kier molecular flexibility index (Phi) is 3.81. The molecule has 0 saturated carbocycles. The van der Waals surface area contributed by atoms with Gasteiger partial charge in [-0.3, -0.25) is 10.2 Å². The molecule has 1 heterocycles. The van der Waals surface area contributed by atoms with Crippen LogP contribution in [-0.4, -0.2) is 5.91 Å². The Morgan fingerprint density at radius 1 is 0.923 bits per heavy atom. The molecule has 0 aliphatic carbocycles. The first kappa shape index (κ1) is 16.1. The van der Waals surface area contributed by atoms with Gasteiger partial charge in [0.25, 0.3) is 5.91 Å². The summed E-state index contributed by atoms with van der Waals surface area (Å²) < 4.78 is 5.61. The molecule has 4 rings (SSSR count). The van der Waals surface area contributed by atoms with E-state index in [4.69, 9.17) is 9.83 Å². The van der Waals surface area contributed by atoms with Crippen molar-refractivity contribution in [2.24, 2.45) is 0 Å². The average molecular weight is 342 g/mol. The lowest BCUT2D eigenvalue weighted by Gasteiger charge is -2.09. The largest absolute Gasteiger partial charge is 0.438 e. The van der Waals surface area contributed by atoms with Gasteiger partial charge in [-0.1, -0.05) is 36.4 Å². The molecular formula is C22H18N2O2. The molecule has 4 heteroatoms. The number of hydrogen-bond acceptors (Lipinski definition) is 3. The first-order valence-corrected chi connectivity index (χ1v) is 8.41. The normalized spacial score (nSPS) is 11.0. The predicted molar refractivity (Wildman–Crippen MR) is 103 cm³/mol. The Morgan fingerprint density at radius 2 is 1.65 bits per heavy atom. The van der Waals surface area contributed by atoms with Gasteiger partial charge in [-0.2, -0.15) is 0 Å². The molecule has 4 nitrogen and oxygen atoms in total. The molecule has 4 aromatic rings. The van der Waals surface area contributed by atoms with Crippen molar-refractivity contribution in [3.05, 3.63) is 82.9 Å². The molecule has 26 heavy (non-hydrogen) atoms. The number of aryl methyl sites for hydroxylation is 2. The standard InChI is InChI=1S/C22H18N2O2/c1-13-9-14(2)11-16(10-13)24-22(25)19-12-18-17-6-4-3-5-15(17)7-8-20(18)26-21(19)23/h3-12,23H,1-2H3,(H,24,25). The van der Waals surface area contributed by atoms with Crippen LogP contribution < -0.4 is 10.9 Å². The highest BCUT2D eigenvalue weighted by atomic mass is 16.3. The first-order chi connectivity index (χ1) is 12.5. The summed E-state index contributed by atoms with van der Waals surface area (Å²) in [4.78, 5) is 12.7. The summed E-state index contributed by atoms with van der Waals surface area (Å²) >= 11 is 0. The minimum Gasteiger partial charge on any atom is -0.438 e. The van der Waals surface area contributed by atoms with E-state index in [0.717, 1.165) is 27.3 Å². The zero-order valence-corrected chi connectivity index (χ0v) is 14.6. The molecule has 128 valence electrons. The third kappa shape index (κ3) is 2.86. The number of benzene rings is 3. The van der Waals surface area contributed by atoms with Crippen molar-refractivity contribution >= 4 is 33.3 Å². The maximum atomic E-state index is 12.7. The lowest BCUT2D eigenvalue weighted by atomic mass is 10.0. The monoisotopic (exact) mass is 342 g/mol. The minimum absolute atomic E-state index is 0.144. The molecule has 1 aromatic heterocycles. The van der Waals surface area contributed by atoms with E-state index < -0.39 is 0 Å². The fourth-order valence-corrected chi connectivity index (χ4v) is 3.30. The molecular weight excluding hydrogens is 324 g/mol. The first-order valence-electron chi connectivity index (χ1n) is 8.41. The van der Waals surface area contributed by atoms with E-state index in [0.29, 0.717) is 11.3 Å². The average Bonchev–Trinajstić information content (AvgIpc) is 2.60. The molecule has 0 spiro atoms. The maximum absolute atomic E-state index is 12.7. The molecule has 3 aromatic carbocycles. The van der Waals surface area contributed by atoms with Gasteiger partial charge in [0.05, 0.1) is 0 Å². The van der Waals surface area contributed by atoms with Crippen LogP contribution in [0.2, 0.25) is 0 Å². The zero-order valence-electron chi connectivity index (χ0n) is 14.6. The summed E-state index contributed by atoms with van der Waals surface area (Å²) in [6.07, 6.45) is 0. The number of hydrogen-bond donors (Lipinski definition) is 2. The molecule has 0 saturated heterocycles. The van der Waals surface area contributed by atoms with Crippen molar-refractivity contribution in [2.75, 3.05) is 5.32 Å². The number of carbonyl (C=O) groups is 1. The van der Waals surface area contributed by atoms with Gasteiger partial charge in [0, 0.05) is 11.1 Å². The van der Waals surface area contributed by atoms with Crippen LogP contribution in [0, 0.1) is 19.3 Å². The van der Waals surface area contributed by atoms with E-state index in [1.807, 2.05) is 68.4 Å². The van der Waals surface area contributed by atoms with Gasteiger partial charge in [0.15, 0.2) is 0 Å². The van der Waals surface area contributed by atoms with Crippen molar-refractivity contribution in [3.8, 4) is 0 Å². The van der Waals surface area contributed by atoms with E-state index in [1.54, 1.807) is 6.07 Å². The van der Waals surface area contributed by atoms with E-state index in [-0.39, 0.29) is 17.0 Å². The summed E-state index contributed by atoms with van der Waals surface area (Å²) in [6, 6.07) is 19.3. The SMILES string of the molecule is Cc1cc(C)cc(NC(=O)c2cc3c(ccc4ccccc43)oc2=N)c1. The molecule has 2 N–H and O–H groups in total. The van der Waals surface area contributed by atoms with Crippen LogP contribution in [-0.2, 0) is 0 Å². The third-order valence-electron chi connectivity index (χ3n) is 4.40. The molecule has 0 bridgehead atoms. The summed E-state index contributed by atoms with van der Waals surface area (Å²) in [5.74, 6) is -0.349. The van der Waals surface area contributed by atoms with Crippen molar-refractivity contribution in [2.45, 2.75) is 13.8 Å². The van der Waals surface area contributed by atoms with Crippen molar-refractivity contribution in [1.82, 2.24) is 0 Å². The zero-order chi connectivity index (χ0) is 18.3. The van der Waals surface area contributed by atoms with Gasteiger partial charge in [0.2, 0.25) is 5.55 Å². The molecule has 0 atom stereocenters. The second-order valence-electron chi connectivity index (χ2n) is 6.52. The molecule has 1 amide bonds. The fourth-order valence-electron chi connectivity index (χ4n) is 3.30. The molecule has 0 aliphatic heterocycles. The van der Waals surface area contributed by atoms with Crippen LogP contribution in [0.25, 0.3) is 21.7 Å². The lowest BCUT2D eigenvalue weighted by molar-refractivity contribution is 0.102. The van der Waals surface area contributed by atoms with E-state index in [9.17, 15) is 4.79 Å². The maximum Gasteiger partial charge on any atom is 0.261 e. The highest BCUT2D eigenvalue weighted by molar-refractivity contribution is 6.10. The van der Waals surface area contributed by atoms with Gasteiger partial charge >= 0.3 is 0 Å². The Balaban J connectivity index is 1.82. The quantitative estimate of drug-likeness (QED) is 0.507. The number of rotatable bonds is 2. The molecule has 0 fully saturated rings. The van der Waals surface area contributed by atoms with Crippen LogP contribution >= 0.6 is 0 Å². The van der Waals surface area contributed by atoms with Gasteiger partial charge in [-0.05, 0) is 60.0 Å². The minimum atomic E-state index is -0.349. The Bertz CT molecular complexity index is 1200. The summed E-state index contributed by atoms with van der Waals surface area (Å²) in [6.45, 7) is 3.96. The van der Waals surface area contributed by atoms with Gasteiger partial charge in [-0.15, -0.1) is 0 Å². The topological polar surface area (TPSA) is 66.1 Å². The van der Waals surface area contributed by atoms with E-state index in [2.05, 4.69) is 5.32 Å². The van der Waals surface area contributed by atoms with Crippen LogP contribution in [0.1, 0.15) is 21.5 Å². The Hall–Kier alpha value is -3.40. The number of anilines is 1. The summed E-state index contributed by atoms with van der Waals surface area (Å²) in [5.41, 5.74) is 3.52. The van der Waals surface area contributed by atoms with Gasteiger partial charge < -0.3 is 9.73 Å². The number of carbonyl (C=O) groups excluding carboxylic acids is 1. The van der Waals surface area contributed by atoms with Gasteiger partial charge in [-0.25, -0.2) is 0 Å². The van der Waals surface area contributed by atoms with Crippen LogP contribution in [0.3, 0.4) is 0 Å². The number of nitrogens with one attached hydrogen (secondary N) is 2. The van der Waals surface area contributed by atoms with Gasteiger partial charge in [0.1, 0.15) is 11.1 Å². The Morgan fingerprint density at radius 3 is 2.42 bits per heavy atom. The highest BCUT2D eigenvalue weighted by Gasteiger charge is 2.13. The van der Waals surface area contributed by atoms with Crippen molar-refractivity contribution in [1.29, 1.82) is 5.41 Å². The summed E-state index contributed by atoms with van der Waals surface area (Å²) in [5, 5.41) is 13.9. The van der Waals surface area contributed by atoms with E-state index in [1.165, 1.54) is 0 Å². The molecule has 0 radical (unpaired) electrons. The predicted octanol–water partition coefficient (Wildman–Crippen LogP) is 4.93. The van der Waals surface area contributed by atoms with Crippen LogP contribution in [0.15, 0.2) is 65.1 Å². The number of amides is 1. The molecule has 0 aliphatic rings. The second kappa shape index (κ2) is 6.15. The smallest absolute Gasteiger partial charge is 0.261 e. The fraction of sp³-hybridized carbons (Fsp3) is 0.0909. The summed E-state index contributed by atoms with van der Waals surface area (Å²) in [7, 11) is 0. The van der Waals surface area contributed by atoms with Crippen LogP contribution in [0.5, 0.6) is 0 Å².